The highest BCUT2D eigenvalue weighted by Gasteiger charge is 2.02. The first-order chi connectivity index (χ1) is 7.79. The van der Waals surface area contributed by atoms with Crippen LogP contribution in [0.5, 0.6) is 0 Å². The van der Waals surface area contributed by atoms with Gasteiger partial charge in [0.05, 0.1) is 0 Å². The number of hydrogen-bond donors (Lipinski definition) is 1. The second-order valence-corrected chi connectivity index (χ2v) is 3.78. The quantitative estimate of drug-likeness (QED) is 0.830. The molecule has 0 aliphatic carbocycles. The third-order valence-electron chi connectivity index (χ3n) is 2.22. The number of alkyl halides is 1. The second kappa shape index (κ2) is 4.94. The van der Waals surface area contributed by atoms with Crippen LogP contribution in [0.4, 0.5) is 5.82 Å². The number of halogens is 1. The minimum Gasteiger partial charge on any atom is -0.311 e. The van der Waals surface area contributed by atoms with E-state index in [-0.39, 0.29) is 5.91 Å². The predicted molar refractivity (Wildman–Crippen MR) is 65.7 cm³/mol. The lowest BCUT2D eigenvalue weighted by Gasteiger charge is -2.04. The molecule has 1 aromatic heterocycles. The first kappa shape index (κ1) is 10.9. The molecule has 2 aromatic rings. The first-order valence-electron chi connectivity index (χ1n) is 5.00. The van der Waals surface area contributed by atoms with Crippen LogP contribution in [0.3, 0.4) is 0 Å². The van der Waals surface area contributed by atoms with Crippen LogP contribution in [-0.4, -0.2) is 16.8 Å². The van der Waals surface area contributed by atoms with Crippen molar-refractivity contribution in [1.29, 1.82) is 0 Å². The predicted octanol–water partition coefficient (Wildman–Crippen LogP) is 2.80. The van der Waals surface area contributed by atoms with Gasteiger partial charge in [-0.2, -0.15) is 0 Å². The lowest BCUT2D eigenvalue weighted by Crippen LogP contribution is -2.12. The maximum Gasteiger partial charge on any atom is 0.226 e. The van der Waals surface area contributed by atoms with E-state index in [2.05, 4.69) is 10.3 Å². The van der Waals surface area contributed by atoms with Crippen LogP contribution in [0.25, 0.3) is 10.8 Å². The number of nitrogens with one attached hydrogen (secondary N) is 1. The molecule has 0 saturated carbocycles. The smallest absolute Gasteiger partial charge is 0.226 e. The number of benzene rings is 1. The van der Waals surface area contributed by atoms with Gasteiger partial charge in [0, 0.05) is 23.9 Å². The number of pyridine rings is 1. The first-order valence-corrected chi connectivity index (χ1v) is 5.53. The number of amides is 1. The Bertz CT molecular complexity index is 513. The summed E-state index contributed by atoms with van der Waals surface area (Å²) in [4.78, 5) is 15.5. The number of carbonyl (C=O) groups excluding carboxylic acids is 1. The van der Waals surface area contributed by atoms with Crippen molar-refractivity contribution >= 4 is 34.1 Å². The molecule has 0 unspecified atom stereocenters. The van der Waals surface area contributed by atoms with Gasteiger partial charge in [0.2, 0.25) is 5.91 Å². The third kappa shape index (κ3) is 2.49. The normalized spacial score (nSPS) is 10.3. The van der Waals surface area contributed by atoms with E-state index in [4.69, 9.17) is 11.6 Å². The van der Waals surface area contributed by atoms with Crippen LogP contribution < -0.4 is 5.32 Å². The molecular formula is C12H11ClN2O. The highest BCUT2D eigenvalue weighted by atomic mass is 35.5. The van der Waals surface area contributed by atoms with Gasteiger partial charge in [-0.1, -0.05) is 24.3 Å². The molecule has 0 bridgehead atoms. The van der Waals surface area contributed by atoms with Gasteiger partial charge in [-0.05, 0) is 11.5 Å². The molecule has 2 rings (SSSR count). The molecular weight excluding hydrogens is 224 g/mol. The second-order valence-electron chi connectivity index (χ2n) is 3.40. The van der Waals surface area contributed by atoms with Crippen LogP contribution >= 0.6 is 11.6 Å². The van der Waals surface area contributed by atoms with Crippen molar-refractivity contribution in [2.45, 2.75) is 6.42 Å². The molecule has 1 N–H and O–H groups in total. The number of nitrogens with zero attached hydrogens (tertiary/aromatic N) is 1. The van der Waals surface area contributed by atoms with Crippen LogP contribution in [0.15, 0.2) is 36.5 Å². The minimum atomic E-state index is -0.113. The van der Waals surface area contributed by atoms with E-state index >= 15 is 0 Å². The van der Waals surface area contributed by atoms with E-state index in [9.17, 15) is 4.79 Å². The van der Waals surface area contributed by atoms with Crippen LogP contribution in [0, 0.1) is 0 Å². The van der Waals surface area contributed by atoms with Gasteiger partial charge in [-0.25, -0.2) is 4.98 Å². The van der Waals surface area contributed by atoms with Crippen molar-refractivity contribution in [1.82, 2.24) is 4.98 Å². The number of hydrogen-bond acceptors (Lipinski definition) is 2. The van der Waals surface area contributed by atoms with Gasteiger partial charge >= 0.3 is 0 Å². The average Bonchev–Trinajstić information content (AvgIpc) is 2.29. The van der Waals surface area contributed by atoms with Gasteiger partial charge in [-0.3, -0.25) is 4.79 Å². The summed E-state index contributed by atoms with van der Waals surface area (Å²) < 4.78 is 0. The Hall–Kier alpha value is -1.61. The Morgan fingerprint density at radius 2 is 2.06 bits per heavy atom. The zero-order chi connectivity index (χ0) is 11.4. The van der Waals surface area contributed by atoms with Gasteiger partial charge < -0.3 is 5.32 Å². The van der Waals surface area contributed by atoms with E-state index < -0.39 is 0 Å². The van der Waals surface area contributed by atoms with Crippen LogP contribution in [-0.2, 0) is 4.79 Å². The molecule has 1 aromatic carbocycles. The van der Waals surface area contributed by atoms with Crippen molar-refractivity contribution in [3.8, 4) is 0 Å². The highest BCUT2D eigenvalue weighted by molar-refractivity contribution is 6.19. The third-order valence-corrected chi connectivity index (χ3v) is 2.41. The summed E-state index contributed by atoms with van der Waals surface area (Å²) in [6.07, 6.45) is 2.04. The van der Waals surface area contributed by atoms with Gasteiger partial charge in [0.25, 0.3) is 0 Å². The molecule has 82 valence electrons. The Kier molecular flexibility index (Phi) is 3.37. The van der Waals surface area contributed by atoms with Gasteiger partial charge in [-0.15, -0.1) is 11.6 Å². The Balaban J connectivity index is 2.22. The number of rotatable bonds is 3. The summed E-state index contributed by atoms with van der Waals surface area (Å²) in [6.45, 7) is 0. The monoisotopic (exact) mass is 234 g/mol. The summed E-state index contributed by atoms with van der Waals surface area (Å²) >= 11 is 5.48. The lowest BCUT2D eigenvalue weighted by atomic mass is 10.2. The molecule has 3 nitrogen and oxygen atoms in total. The summed E-state index contributed by atoms with van der Waals surface area (Å²) in [6, 6.07) is 9.71. The molecule has 0 spiro atoms. The van der Waals surface area contributed by atoms with E-state index in [1.54, 1.807) is 6.20 Å². The number of anilines is 1. The maximum atomic E-state index is 11.3. The van der Waals surface area contributed by atoms with Crippen molar-refractivity contribution < 1.29 is 4.79 Å². The number of fused-ring (bicyclic) bond motifs is 1. The Morgan fingerprint density at radius 1 is 1.31 bits per heavy atom. The summed E-state index contributed by atoms with van der Waals surface area (Å²) in [7, 11) is 0. The zero-order valence-electron chi connectivity index (χ0n) is 8.61. The van der Waals surface area contributed by atoms with E-state index in [1.807, 2.05) is 30.3 Å². The molecule has 0 saturated heterocycles. The SMILES string of the molecule is O=C(CCCl)Nc1cc2ccccc2cn1. The van der Waals surface area contributed by atoms with Crippen molar-refractivity contribution in [2.75, 3.05) is 11.2 Å². The largest absolute Gasteiger partial charge is 0.311 e. The molecule has 0 aliphatic rings. The maximum absolute atomic E-state index is 11.3. The number of carbonyl (C=O) groups is 1. The number of aromatic nitrogens is 1. The Morgan fingerprint density at radius 3 is 2.81 bits per heavy atom. The molecule has 0 atom stereocenters. The molecule has 4 heteroatoms. The molecule has 0 radical (unpaired) electrons. The lowest BCUT2D eigenvalue weighted by molar-refractivity contribution is -0.115. The summed E-state index contributed by atoms with van der Waals surface area (Å²) in [5, 5.41) is 4.81. The summed E-state index contributed by atoms with van der Waals surface area (Å²) in [5.41, 5.74) is 0. The van der Waals surface area contributed by atoms with Crippen molar-refractivity contribution in [2.24, 2.45) is 0 Å². The molecule has 0 fully saturated rings. The highest BCUT2D eigenvalue weighted by Crippen LogP contribution is 2.15. The van der Waals surface area contributed by atoms with Crippen LogP contribution in [0.1, 0.15) is 6.42 Å². The standard InChI is InChI=1S/C12H11ClN2O/c13-6-5-12(16)15-11-7-9-3-1-2-4-10(9)8-14-11/h1-4,7-8H,5-6H2,(H,14,15,16). The van der Waals surface area contributed by atoms with Gasteiger partial charge in [0.15, 0.2) is 0 Å². The topological polar surface area (TPSA) is 42.0 Å². The van der Waals surface area contributed by atoms with E-state index in [0.717, 1.165) is 10.8 Å². The van der Waals surface area contributed by atoms with E-state index in [1.165, 1.54) is 0 Å². The van der Waals surface area contributed by atoms with Crippen molar-refractivity contribution in [3.05, 3.63) is 36.5 Å². The molecule has 0 aliphatic heterocycles. The molecule has 1 heterocycles. The fourth-order valence-corrected chi connectivity index (χ4v) is 1.61. The Labute approximate surface area is 98.4 Å². The van der Waals surface area contributed by atoms with Gasteiger partial charge in [0.1, 0.15) is 5.82 Å². The molecule has 1 amide bonds. The zero-order valence-corrected chi connectivity index (χ0v) is 9.37. The fraction of sp³-hybridized carbons (Fsp3) is 0.167. The fourth-order valence-electron chi connectivity index (χ4n) is 1.44. The molecule has 16 heavy (non-hydrogen) atoms. The van der Waals surface area contributed by atoms with Crippen LogP contribution in [0.2, 0.25) is 0 Å². The summed E-state index contributed by atoms with van der Waals surface area (Å²) in [5.74, 6) is 0.769. The van der Waals surface area contributed by atoms with E-state index in [0.29, 0.717) is 18.1 Å². The average molecular weight is 235 g/mol. The van der Waals surface area contributed by atoms with Crippen molar-refractivity contribution in [3.63, 3.8) is 0 Å². The minimum absolute atomic E-state index is 0.113.